The molecule has 1 heterocycles. The van der Waals surface area contributed by atoms with Gasteiger partial charge in [0.2, 0.25) is 11.8 Å². The first-order valence-electron chi connectivity index (χ1n) is 9.40. The second-order valence-corrected chi connectivity index (χ2v) is 6.92. The minimum absolute atomic E-state index is 0.0297. The van der Waals surface area contributed by atoms with Gasteiger partial charge in [0.15, 0.2) is 0 Å². The molecule has 1 saturated heterocycles. The van der Waals surface area contributed by atoms with Gasteiger partial charge in [-0.15, -0.1) is 0 Å². The molecule has 2 aromatic carbocycles. The van der Waals surface area contributed by atoms with E-state index >= 15 is 0 Å². The first-order valence-corrected chi connectivity index (χ1v) is 9.40. The normalized spacial score (nSPS) is 19.1. The number of rotatable bonds is 5. The van der Waals surface area contributed by atoms with Gasteiger partial charge in [-0.25, -0.2) is 0 Å². The Labute approximate surface area is 154 Å². The summed E-state index contributed by atoms with van der Waals surface area (Å²) in [4.78, 5) is 27.1. The van der Waals surface area contributed by atoms with E-state index < -0.39 is 0 Å². The lowest BCUT2D eigenvalue weighted by Crippen LogP contribution is -2.50. The standard InChI is InChI=1S/C21H27N3O2/c1-3-22-21(26)17-10-7-13-24(14-17)15(2)20(25)23-19-12-6-9-16-8-4-5-11-18(16)19/h4-6,8-9,11-12,15,17H,3,7,10,13-14H2,1-2H3,(H,22,26)(H,23,25). The molecule has 0 aliphatic carbocycles. The predicted molar refractivity (Wildman–Crippen MR) is 105 cm³/mol. The van der Waals surface area contributed by atoms with Gasteiger partial charge < -0.3 is 10.6 Å². The second kappa shape index (κ2) is 8.32. The summed E-state index contributed by atoms with van der Waals surface area (Å²) >= 11 is 0. The Morgan fingerprint density at radius 2 is 1.96 bits per heavy atom. The Kier molecular flexibility index (Phi) is 5.89. The summed E-state index contributed by atoms with van der Waals surface area (Å²) in [6.07, 6.45) is 1.83. The maximum atomic E-state index is 12.8. The molecule has 138 valence electrons. The maximum absolute atomic E-state index is 12.8. The summed E-state index contributed by atoms with van der Waals surface area (Å²) in [5.41, 5.74) is 0.831. The minimum Gasteiger partial charge on any atom is -0.356 e. The maximum Gasteiger partial charge on any atom is 0.241 e. The summed E-state index contributed by atoms with van der Waals surface area (Å²) in [6.45, 7) is 5.97. The van der Waals surface area contributed by atoms with Crippen molar-refractivity contribution in [1.29, 1.82) is 0 Å². The van der Waals surface area contributed by atoms with E-state index in [-0.39, 0.29) is 23.8 Å². The first kappa shape index (κ1) is 18.4. The molecular formula is C21H27N3O2. The van der Waals surface area contributed by atoms with E-state index in [1.54, 1.807) is 0 Å². The molecule has 1 aliphatic rings. The van der Waals surface area contributed by atoms with Crippen LogP contribution in [0.5, 0.6) is 0 Å². The number of carbonyl (C=O) groups excluding carboxylic acids is 2. The van der Waals surface area contributed by atoms with Crippen LogP contribution in [-0.4, -0.2) is 42.4 Å². The van der Waals surface area contributed by atoms with Crippen LogP contribution in [0.15, 0.2) is 42.5 Å². The van der Waals surface area contributed by atoms with Crippen molar-refractivity contribution >= 4 is 28.3 Å². The average Bonchev–Trinajstić information content (AvgIpc) is 2.68. The van der Waals surface area contributed by atoms with Gasteiger partial charge in [-0.3, -0.25) is 14.5 Å². The van der Waals surface area contributed by atoms with Crippen LogP contribution >= 0.6 is 0 Å². The number of anilines is 1. The lowest BCUT2D eigenvalue weighted by atomic mass is 9.96. The number of carbonyl (C=O) groups is 2. The molecule has 2 unspecified atom stereocenters. The number of hydrogen-bond donors (Lipinski definition) is 2. The molecule has 26 heavy (non-hydrogen) atoms. The lowest BCUT2D eigenvalue weighted by Gasteiger charge is -2.35. The van der Waals surface area contributed by atoms with Crippen LogP contribution in [0.25, 0.3) is 10.8 Å². The number of fused-ring (bicyclic) bond motifs is 1. The molecule has 1 fully saturated rings. The van der Waals surface area contributed by atoms with Gasteiger partial charge in [-0.2, -0.15) is 0 Å². The number of nitrogens with one attached hydrogen (secondary N) is 2. The van der Waals surface area contributed by atoms with Crippen molar-refractivity contribution in [3.63, 3.8) is 0 Å². The molecule has 3 rings (SSSR count). The van der Waals surface area contributed by atoms with Crippen molar-refractivity contribution in [1.82, 2.24) is 10.2 Å². The Morgan fingerprint density at radius 1 is 1.19 bits per heavy atom. The molecule has 2 aromatic rings. The van der Waals surface area contributed by atoms with Gasteiger partial charge in [0.05, 0.1) is 12.0 Å². The van der Waals surface area contributed by atoms with Crippen LogP contribution in [0.4, 0.5) is 5.69 Å². The highest BCUT2D eigenvalue weighted by molar-refractivity contribution is 6.03. The third-order valence-corrected chi connectivity index (χ3v) is 5.15. The third-order valence-electron chi connectivity index (χ3n) is 5.15. The van der Waals surface area contributed by atoms with Gasteiger partial charge in [-0.1, -0.05) is 36.4 Å². The van der Waals surface area contributed by atoms with Crippen LogP contribution in [-0.2, 0) is 9.59 Å². The molecule has 2 N–H and O–H groups in total. The summed E-state index contributed by atoms with van der Waals surface area (Å²) in [5.74, 6) is 0.0354. The zero-order chi connectivity index (χ0) is 18.5. The molecule has 0 spiro atoms. The van der Waals surface area contributed by atoms with E-state index in [2.05, 4.69) is 15.5 Å². The number of piperidine rings is 1. The number of benzene rings is 2. The Balaban J connectivity index is 1.68. The lowest BCUT2D eigenvalue weighted by molar-refractivity contribution is -0.129. The Bertz CT molecular complexity index is 784. The van der Waals surface area contributed by atoms with Crippen molar-refractivity contribution in [2.24, 2.45) is 5.92 Å². The number of likely N-dealkylation sites (tertiary alicyclic amines) is 1. The Hall–Kier alpha value is -2.40. The topological polar surface area (TPSA) is 61.4 Å². The first-order chi connectivity index (χ1) is 12.6. The quantitative estimate of drug-likeness (QED) is 0.869. The molecule has 0 radical (unpaired) electrons. The number of hydrogen-bond acceptors (Lipinski definition) is 3. The highest BCUT2D eigenvalue weighted by Crippen LogP contribution is 2.24. The molecule has 1 aliphatic heterocycles. The minimum atomic E-state index is -0.272. The fourth-order valence-corrected chi connectivity index (χ4v) is 3.63. The summed E-state index contributed by atoms with van der Waals surface area (Å²) in [5, 5.41) is 8.11. The molecule has 0 bridgehead atoms. The summed E-state index contributed by atoms with van der Waals surface area (Å²) in [6, 6.07) is 13.7. The largest absolute Gasteiger partial charge is 0.356 e. The van der Waals surface area contributed by atoms with Gasteiger partial charge in [-0.05, 0) is 44.7 Å². The molecular weight excluding hydrogens is 326 g/mol. The SMILES string of the molecule is CCNC(=O)C1CCCN(C(C)C(=O)Nc2cccc3ccccc23)C1. The molecule has 0 aromatic heterocycles. The van der Waals surface area contributed by atoms with E-state index in [0.717, 1.165) is 35.8 Å². The van der Waals surface area contributed by atoms with Gasteiger partial charge in [0, 0.05) is 24.2 Å². The average molecular weight is 353 g/mol. The monoisotopic (exact) mass is 353 g/mol. The van der Waals surface area contributed by atoms with Gasteiger partial charge in [0.25, 0.3) is 0 Å². The van der Waals surface area contributed by atoms with Crippen molar-refractivity contribution < 1.29 is 9.59 Å². The van der Waals surface area contributed by atoms with E-state index in [0.29, 0.717) is 13.1 Å². The molecule has 5 nitrogen and oxygen atoms in total. The van der Waals surface area contributed by atoms with Crippen molar-refractivity contribution in [2.45, 2.75) is 32.7 Å². The van der Waals surface area contributed by atoms with Crippen LogP contribution in [0.2, 0.25) is 0 Å². The van der Waals surface area contributed by atoms with E-state index in [1.807, 2.05) is 56.3 Å². The summed E-state index contributed by atoms with van der Waals surface area (Å²) in [7, 11) is 0. The predicted octanol–water partition coefficient (Wildman–Crippen LogP) is 3.01. The second-order valence-electron chi connectivity index (χ2n) is 6.92. The van der Waals surface area contributed by atoms with Crippen LogP contribution in [0.3, 0.4) is 0 Å². The van der Waals surface area contributed by atoms with E-state index in [9.17, 15) is 9.59 Å². The molecule has 5 heteroatoms. The molecule has 2 atom stereocenters. The molecule has 0 saturated carbocycles. The highest BCUT2D eigenvalue weighted by Gasteiger charge is 2.30. The number of nitrogens with zero attached hydrogens (tertiary/aromatic N) is 1. The fraction of sp³-hybridized carbons (Fsp3) is 0.429. The van der Waals surface area contributed by atoms with Crippen LogP contribution in [0, 0.1) is 5.92 Å². The fourth-order valence-electron chi connectivity index (χ4n) is 3.63. The van der Waals surface area contributed by atoms with Crippen LogP contribution in [0.1, 0.15) is 26.7 Å². The highest BCUT2D eigenvalue weighted by atomic mass is 16.2. The zero-order valence-electron chi connectivity index (χ0n) is 15.5. The number of amides is 2. The van der Waals surface area contributed by atoms with E-state index in [1.165, 1.54) is 0 Å². The zero-order valence-corrected chi connectivity index (χ0v) is 15.5. The van der Waals surface area contributed by atoms with Crippen LogP contribution < -0.4 is 10.6 Å². The van der Waals surface area contributed by atoms with Crippen molar-refractivity contribution in [3.8, 4) is 0 Å². The van der Waals surface area contributed by atoms with Crippen molar-refractivity contribution in [3.05, 3.63) is 42.5 Å². The van der Waals surface area contributed by atoms with E-state index in [4.69, 9.17) is 0 Å². The van der Waals surface area contributed by atoms with Crippen molar-refractivity contribution in [2.75, 3.05) is 25.0 Å². The smallest absolute Gasteiger partial charge is 0.241 e. The third kappa shape index (κ3) is 4.05. The van der Waals surface area contributed by atoms with Gasteiger partial charge in [0.1, 0.15) is 0 Å². The summed E-state index contributed by atoms with van der Waals surface area (Å²) < 4.78 is 0. The Morgan fingerprint density at radius 3 is 2.77 bits per heavy atom. The van der Waals surface area contributed by atoms with Gasteiger partial charge >= 0.3 is 0 Å². The molecule has 2 amide bonds.